The van der Waals surface area contributed by atoms with Gasteiger partial charge in [0.05, 0.1) is 18.8 Å². The molecule has 0 spiro atoms. The standard InChI is InChI=1S/C16H19N7O/c1-3-22-11-12(24-14-7-5-4-6-13(14)22)10-21(2)16-9-8-15-17-19-20-23(15)18-16/h4-9,12H,3,10-11H2,1-2H3. The summed E-state index contributed by atoms with van der Waals surface area (Å²) in [6.07, 6.45) is 0.0659. The Bertz CT molecular complexity index is 849. The third kappa shape index (κ3) is 2.60. The summed E-state index contributed by atoms with van der Waals surface area (Å²) >= 11 is 0. The summed E-state index contributed by atoms with van der Waals surface area (Å²) in [4.78, 5) is 4.41. The number of rotatable bonds is 4. The number of fused-ring (bicyclic) bond motifs is 2. The summed E-state index contributed by atoms with van der Waals surface area (Å²) < 4.78 is 7.60. The molecule has 0 amide bonds. The summed E-state index contributed by atoms with van der Waals surface area (Å²) in [6.45, 7) is 4.70. The second-order valence-corrected chi connectivity index (χ2v) is 5.84. The molecule has 1 aromatic carbocycles. The lowest BCUT2D eigenvalue weighted by Gasteiger charge is -2.37. The normalized spacial score (nSPS) is 16.8. The van der Waals surface area contributed by atoms with Crippen LogP contribution in [0.15, 0.2) is 36.4 Å². The van der Waals surface area contributed by atoms with Crippen LogP contribution in [0.4, 0.5) is 11.5 Å². The van der Waals surface area contributed by atoms with Crippen LogP contribution in [0.1, 0.15) is 6.92 Å². The average molecular weight is 325 g/mol. The number of hydrogen-bond acceptors (Lipinski definition) is 7. The Kier molecular flexibility index (Phi) is 3.64. The zero-order valence-corrected chi connectivity index (χ0v) is 13.7. The van der Waals surface area contributed by atoms with Crippen LogP contribution < -0.4 is 14.5 Å². The molecule has 1 unspecified atom stereocenters. The molecule has 0 N–H and O–H groups in total. The van der Waals surface area contributed by atoms with Gasteiger partial charge in [-0.25, -0.2) is 0 Å². The molecule has 1 aliphatic heterocycles. The Morgan fingerprint density at radius 1 is 1.25 bits per heavy atom. The molecule has 3 aromatic rings. The molecule has 3 heterocycles. The van der Waals surface area contributed by atoms with Crippen LogP contribution in [0.2, 0.25) is 0 Å². The van der Waals surface area contributed by atoms with E-state index in [0.717, 1.165) is 36.9 Å². The molecule has 0 saturated carbocycles. The minimum atomic E-state index is 0.0659. The highest BCUT2D eigenvalue weighted by Gasteiger charge is 2.25. The summed E-state index contributed by atoms with van der Waals surface area (Å²) in [5.41, 5.74) is 1.79. The predicted molar refractivity (Wildman–Crippen MR) is 90.6 cm³/mol. The van der Waals surface area contributed by atoms with Gasteiger partial charge in [0.15, 0.2) is 11.5 Å². The molecule has 8 nitrogen and oxygen atoms in total. The first kappa shape index (κ1) is 14.7. The fourth-order valence-electron chi connectivity index (χ4n) is 3.02. The first-order valence-electron chi connectivity index (χ1n) is 8.02. The molecule has 24 heavy (non-hydrogen) atoms. The highest BCUT2D eigenvalue weighted by atomic mass is 16.5. The van der Waals surface area contributed by atoms with Crippen molar-refractivity contribution in [1.29, 1.82) is 0 Å². The first-order chi connectivity index (χ1) is 11.7. The molecule has 0 radical (unpaired) electrons. The summed E-state index contributed by atoms with van der Waals surface area (Å²) in [7, 11) is 2.00. The van der Waals surface area contributed by atoms with Crippen molar-refractivity contribution in [3.8, 4) is 5.75 Å². The number of likely N-dealkylation sites (N-methyl/N-ethyl adjacent to an activating group) is 2. The molecule has 1 aliphatic rings. The maximum Gasteiger partial charge on any atom is 0.200 e. The van der Waals surface area contributed by atoms with Gasteiger partial charge in [0.2, 0.25) is 0 Å². The lowest BCUT2D eigenvalue weighted by Crippen LogP contribution is -2.45. The van der Waals surface area contributed by atoms with Crippen molar-refractivity contribution in [2.24, 2.45) is 0 Å². The second-order valence-electron chi connectivity index (χ2n) is 5.84. The molecule has 2 aromatic heterocycles. The van der Waals surface area contributed by atoms with Crippen LogP contribution in [-0.2, 0) is 0 Å². The van der Waals surface area contributed by atoms with E-state index in [4.69, 9.17) is 4.74 Å². The minimum absolute atomic E-state index is 0.0659. The zero-order chi connectivity index (χ0) is 16.5. The molecule has 0 bridgehead atoms. The van der Waals surface area contributed by atoms with Gasteiger partial charge < -0.3 is 14.5 Å². The smallest absolute Gasteiger partial charge is 0.200 e. The first-order valence-corrected chi connectivity index (χ1v) is 8.02. The fraction of sp³-hybridized carbons (Fsp3) is 0.375. The summed E-state index contributed by atoms with van der Waals surface area (Å²) in [5, 5.41) is 15.7. The van der Waals surface area contributed by atoms with Crippen molar-refractivity contribution < 1.29 is 4.74 Å². The van der Waals surface area contributed by atoms with Gasteiger partial charge in [-0.05, 0) is 41.6 Å². The second kappa shape index (κ2) is 5.95. The van der Waals surface area contributed by atoms with Crippen molar-refractivity contribution in [2.45, 2.75) is 13.0 Å². The largest absolute Gasteiger partial charge is 0.485 e. The Morgan fingerprint density at radius 3 is 3.00 bits per heavy atom. The van der Waals surface area contributed by atoms with Crippen molar-refractivity contribution >= 4 is 17.2 Å². The number of hydrogen-bond donors (Lipinski definition) is 0. The van der Waals surface area contributed by atoms with E-state index in [2.05, 4.69) is 43.4 Å². The van der Waals surface area contributed by atoms with E-state index >= 15 is 0 Å². The lowest BCUT2D eigenvalue weighted by molar-refractivity contribution is 0.200. The number of tetrazole rings is 1. The summed E-state index contributed by atoms with van der Waals surface area (Å²) in [5.74, 6) is 1.74. The van der Waals surface area contributed by atoms with Crippen molar-refractivity contribution in [3.05, 3.63) is 36.4 Å². The number of nitrogens with zero attached hydrogens (tertiary/aromatic N) is 7. The highest BCUT2D eigenvalue weighted by Crippen LogP contribution is 2.33. The summed E-state index contributed by atoms with van der Waals surface area (Å²) in [6, 6.07) is 11.9. The molecule has 8 heteroatoms. The molecule has 1 atom stereocenters. The predicted octanol–water partition coefficient (Wildman–Crippen LogP) is 1.24. The molecular weight excluding hydrogens is 306 g/mol. The Morgan fingerprint density at radius 2 is 2.12 bits per heavy atom. The van der Waals surface area contributed by atoms with Crippen molar-refractivity contribution in [3.63, 3.8) is 0 Å². The van der Waals surface area contributed by atoms with E-state index in [9.17, 15) is 0 Å². The fourth-order valence-corrected chi connectivity index (χ4v) is 3.02. The maximum atomic E-state index is 6.17. The van der Waals surface area contributed by atoms with Crippen LogP contribution in [0.25, 0.3) is 5.65 Å². The Balaban J connectivity index is 1.52. The van der Waals surface area contributed by atoms with Crippen LogP contribution in [0, 0.1) is 0 Å². The van der Waals surface area contributed by atoms with Crippen LogP contribution in [0.5, 0.6) is 5.75 Å². The lowest BCUT2D eigenvalue weighted by atomic mass is 10.2. The zero-order valence-electron chi connectivity index (χ0n) is 13.7. The number of para-hydroxylation sites is 2. The van der Waals surface area contributed by atoms with Crippen LogP contribution in [-0.4, -0.2) is 58.0 Å². The molecule has 0 fully saturated rings. The van der Waals surface area contributed by atoms with Gasteiger partial charge in [-0.1, -0.05) is 12.1 Å². The SMILES string of the molecule is CCN1CC(CN(C)c2ccc3nnnn3n2)Oc2ccccc21. The van der Waals surface area contributed by atoms with Gasteiger partial charge in [-0.15, -0.1) is 14.8 Å². The van der Waals surface area contributed by atoms with Gasteiger partial charge >= 0.3 is 0 Å². The average Bonchev–Trinajstić information content (AvgIpc) is 3.08. The monoisotopic (exact) mass is 325 g/mol. The number of ether oxygens (including phenoxy) is 1. The van der Waals surface area contributed by atoms with E-state index in [-0.39, 0.29) is 6.10 Å². The Labute approximate surface area is 139 Å². The number of aromatic nitrogens is 5. The van der Waals surface area contributed by atoms with Crippen molar-refractivity contribution in [2.75, 3.05) is 36.5 Å². The van der Waals surface area contributed by atoms with E-state index < -0.39 is 0 Å². The quantitative estimate of drug-likeness (QED) is 0.714. The van der Waals surface area contributed by atoms with Gasteiger partial charge in [-0.3, -0.25) is 0 Å². The topological polar surface area (TPSA) is 71.7 Å². The maximum absolute atomic E-state index is 6.17. The molecule has 0 aliphatic carbocycles. The van der Waals surface area contributed by atoms with Crippen LogP contribution in [0.3, 0.4) is 0 Å². The van der Waals surface area contributed by atoms with Crippen LogP contribution >= 0.6 is 0 Å². The van der Waals surface area contributed by atoms with Gasteiger partial charge in [0, 0.05) is 13.6 Å². The minimum Gasteiger partial charge on any atom is -0.485 e. The van der Waals surface area contributed by atoms with E-state index in [1.165, 1.54) is 4.63 Å². The number of anilines is 2. The van der Waals surface area contributed by atoms with E-state index in [1.54, 1.807) is 0 Å². The number of benzene rings is 1. The van der Waals surface area contributed by atoms with Gasteiger partial charge in [0.25, 0.3) is 0 Å². The molecule has 4 rings (SSSR count). The van der Waals surface area contributed by atoms with E-state index in [0.29, 0.717) is 5.65 Å². The highest BCUT2D eigenvalue weighted by molar-refractivity contribution is 5.60. The van der Waals surface area contributed by atoms with E-state index in [1.807, 2.05) is 37.4 Å². The third-order valence-corrected chi connectivity index (χ3v) is 4.23. The van der Waals surface area contributed by atoms with Crippen molar-refractivity contribution in [1.82, 2.24) is 25.3 Å². The van der Waals surface area contributed by atoms with Gasteiger partial charge in [0.1, 0.15) is 11.9 Å². The molecular formula is C16H19N7O. The third-order valence-electron chi connectivity index (χ3n) is 4.23. The Hall–Kier alpha value is -2.90. The molecule has 124 valence electrons. The van der Waals surface area contributed by atoms with Gasteiger partial charge in [-0.2, -0.15) is 0 Å². The molecule has 0 saturated heterocycles.